The number of aliphatic hydroxyl groups excluding tert-OH is 1. The predicted octanol–water partition coefficient (Wildman–Crippen LogP) is 1.60. The molecule has 0 radical (unpaired) electrons. The first-order chi connectivity index (χ1) is 7.61. The summed E-state index contributed by atoms with van der Waals surface area (Å²) in [5, 5.41) is 10.8. The Labute approximate surface area is 99.5 Å². The zero-order valence-electron chi connectivity index (χ0n) is 9.77. The van der Waals surface area contributed by atoms with Crippen molar-refractivity contribution in [3.63, 3.8) is 0 Å². The van der Waals surface area contributed by atoms with Crippen LogP contribution in [0.5, 0.6) is 5.75 Å². The molecule has 16 heavy (non-hydrogen) atoms. The molecule has 1 heterocycles. The minimum Gasteiger partial charge on any atom is -0.495 e. The Morgan fingerprint density at radius 1 is 1.62 bits per heavy atom. The number of hydrogen-bond donors (Lipinski definition) is 1. The second kappa shape index (κ2) is 5.86. The van der Waals surface area contributed by atoms with Crippen LogP contribution in [0.25, 0.3) is 0 Å². The number of carbonyl (C=O) groups excluding carboxylic acids is 1. The fourth-order valence-corrected chi connectivity index (χ4v) is 2.26. The predicted molar refractivity (Wildman–Crippen MR) is 64.1 cm³/mol. The quantitative estimate of drug-likeness (QED) is 0.854. The molecule has 1 aromatic rings. The molecule has 0 unspecified atom stereocenters. The number of ether oxygens (including phenoxy) is 1. The SMILES string of the molecule is COc1ccsc1C(=O)N(CCO)C(C)C. The Morgan fingerprint density at radius 3 is 2.81 bits per heavy atom. The molecular weight excluding hydrogens is 226 g/mol. The molecule has 0 aromatic carbocycles. The lowest BCUT2D eigenvalue weighted by molar-refractivity contribution is 0.0667. The summed E-state index contributed by atoms with van der Waals surface area (Å²) in [6.07, 6.45) is 0. The van der Waals surface area contributed by atoms with Crippen molar-refractivity contribution >= 4 is 17.2 Å². The average Bonchev–Trinajstić information content (AvgIpc) is 2.72. The van der Waals surface area contributed by atoms with E-state index in [1.165, 1.54) is 11.3 Å². The van der Waals surface area contributed by atoms with Crippen LogP contribution in [0.15, 0.2) is 11.4 Å². The highest BCUT2D eigenvalue weighted by molar-refractivity contribution is 7.12. The third-order valence-corrected chi connectivity index (χ3v) is 3.15. The van der Waals surface area contributed by atoms with Gasteiger partial charge in [0.05, 0.1) is 13.7 Å². The second-order valence-corrected chi connectivity index (χ2v) is 4.55. The molecule has 0 aliphatic carbocycles. The van der Waals surface area contributed by atoms with Crippen LogP contribution >= 0.6 is 11.3 Å². The van der Waals surface area contributed by atoms with Gasteiger partial charge >= 0.3 is 0 Å². The van der Waals surface area contributed by atoms with E-state index in [-0.39, 0.29) is 18.6 Å². The zero-order valence-corrected chi connectivity index (χ0v) is 10.6. The van der Waals surface area contributed by atoms with Crippen LogP contribution in [0.1, 0.15) is 23.5 Å². The van der Waals surface area contributed by atoms with Crippen molar-refractivity contribution in [1.82, 2.24) is 4.90 Å². The third-order valence-electron chi connectivity index (χ3n) is 2.27. The van der Waals surface area contributed by atoms with E-state index in [0.717, 1.165) is 0 Å². The van der Waals surface area contributed by atoms with Crippen LogP contribution in [-0.4, -0.2) is 42.2 Å². The molecule has 0 aliphatic rings. The van der Waals surface area contributed by atoms with Crippen molar-refractivity contribution in [3.8, 4) is 5.75 Å². The number of amides is 1. The normalized spacial score (nSPS) is 10.6. The average molecular weight is 243 g/mol. The van der Waals surface area contributed by atoms with Crippen molar-refractivity contribution in [2.24, 2.45) is 0 Å². The lowest BCUT2D eigenvalue weighted by Gasteiger charge is -2.25. The Morgan fingerprint density at radius 2 is 2.31 bits per heavy atom. The van der Waals surface area contributed by atoms with Crippen LogP contribution in [-0.2, 0) is 0 Å². The van der Waals surface area contributed by atoms with E-state index in [1.807, 2.05) is 19.2 Å². The summed E-state index contributed by atoms with van der Waals surface area (Å²) in [6, 6.07) is 1.83. The Hall–Kier alpha value is -1.07. The highest BCUT2D eigenvalue weighted by Gasteiger charge is 2.22. The van der Waals surface area contributed by atoms with Crippen LogP contribution in [0.4, 0.5) is 0 Å². The standard InChI is InChI=1S/C11H17NO3S/c1-8(2)12(5-6-13)11(14)10-9(15-3)4-7-16-10/h4,7-8,13H,5-6H2,1-3H3. The Bertz CT molecular complexity index is 349. The number of aliphatic hydroxyl groups is 1. The summed E-state index contributed by atoms with van der Waals surface area (Å²) in [6.45, 7) is 4.16. The van der Waals surface area contributed by atoms with E-state index >= 15 is 0 Å². The van der Waals surface area contributed by atoms with Crippen LogP contribution in [0.3, 0.4) is 0 Å². The molecular formula is C11H17NO3S. The van der Waals surface area contributed by atoms with Gasteiger partial charge in [-0.3, -0.25) is 4.79 Å². The van der Waals surface area contributed by atoms with Gasteiger partial charge in [-0.1, -0.05) is 0 Å². The molecule has 4 nitrogen and oxygen atoms in total. The first-order valence-electron chi connectivity index (χ1n) is 5.15. The largest absolute Gasteiger partial charge is 0.495 e. The molecule has 90 valence electrons. The summed E-state index contributed by atoms with van der Waals surface area (Å²) in [7, 11) is 1.55. The fourth-order valence-electron chi connectivity index (χ4n) is 1.45. The molecule has 1 N–H and O–H groups in total. The van der Waals surface area contributed by atoms with Crippen LogP contribution < -0.4 is 4.74 Å². The molecule has 0 spiro atoms. The van der Waals surface area contributed by atoms with Crippen LogP contribution in [0, 0.1) is 0 Å². The number of carbonyl (C=O) groups is 1. The van der Waals surface area contributed by atoms with Gasteiger partial charge in [0.2, 0.25) is 0 Å². The lowest BCUT2D eigenvalue weighted by Crippen LogP contribution is -2.38. The molecule has 0 saturated heterocycles. The topological polar surface area (TPSA) is 49.8 Å². The molecule has 5 heteroatoms. The molecule has 0 bridgehead atoms. The number of nitrogens with zero attached hydrogens (tertiary/aromatic N) is 1. The summed E-state index contributed by atoms with van der Waals surface area (Å²) in [5.41, 5.74) is 0. The molecule has 0 aliphatic heterocycles. The number of methoxy groups -OCH3 is 1. The van der Waals surface area contributed by atoms with Gasteiger partial charge in [-0.05, 0) is 25.3 Å². The first-order valence-corrected chi connectivity index (χ1v) is 6.03. The Balaban J connectivity index is 2.90. The highest BCUT2D eigenvalue weighted by atomic mass is 32.1. The summed E-state index contributed by atoms with van der Waals surface area (Å²) >= 11 is 1.36. The fraction of sp³-hybridized carbons (Fsp3) is 0.545. The van der Waals surface area contributed by atoms with E-state index in [4.69, 9.17) is 9.84 Å². The van der Waals surface area contributed by atoms with Gasteiger partial charge < -0.3 is 14.7 Å². The smallest absolute Gasteiger partial charge is 0.268 e. The van der Waals surface area contributed by atoms with Crippen molar-refractivity contribution in [2.45, 2.75) is 19.9 Å². The van der Waals surface area contributed by atoms with Crippen molar-refractivity contribution < 1.29 is 14.6 Å². The van der Waals surface area contributed by atoms with Crippen LogP contribution in [0.2, 0.25) is 0 Å². The lowest BCUT2D eigenvalue weighted by atomic mass is 10.3. The number of hydrogen-bond acceptors (Lipinski definition) is 4. The van der Waals surface area contributed by atoms with Gasteiger partial charge in [-0.25, -0.2) is 0 Å². The monoisotopic (exact) mass is 243 g/mol. The summed E-state index contributed by atoms with van der Waals surface area (Å²) < 4.78 is 5.11. The van der Waals surface area contributed by atoms with Gasteiger partial charge in [-0.2, -0.15) is 0 Å². The maximum atomic E-state index is 12.2. The van der Waals surface area contributed by atoms with E-state index in [0.29, 0.717) is 17.2 Å². The first kappa shape index (κ1) is 13.0. The summed E-state index contributed by atoms with van der Waals surface area (Å²) in [5.74, 6) is 0.509. The van der Waals surface area contributed by atoms with Crippen molar-refractivity contribution in [3.05, 3.63) is 16.3 Å². The van der Waals surface area contributed by atoms with Gasteiger partial charge in [0.1, 0.15) is 10.6 Å². The molecule has 0 atom stereocenters. The minimum atomic E-state index is -0.0871. The highest BCUT2D eigenvalue weighted by Crippen LogP contribution is 2.26. The van der Waals surface area contributed by atoms with Crippen molar-refractivity contribution in [1.29, 1.82) is 0 Å². The van der Waals surface area contributed by atoms with Gasteiger partial charge in [0.15, 0.2) is 0 Å². The maximum absolute atomic E-state index is 12.2. The molecule has 1 aromatic heterocycles. The van der Waals surface area contributed by atoms with Crippen molar-refractivity contribution in [2.75, 3.05) is 20.3 Å². The van der Waals surface area contributed by atoms with E-state index in [9.17, 15) is 4.79 Å². The van der Waals surface area contributed by atoms with E-state index in [2.05, 4.69) is 0 Å². The number of rotatable bonds is 5. The molecule has 1 rings (SSSR count). The summed E-state index contributed by atoms with van der Waals surface area (Å²) in [4.78, 5) is 14.4. The molecule has 0 fully saturated rings. The van der Waals surface area contributed by atoms with Gasteiger partial charge in [0, 0.05) is 12.6 Å². The second-order valence-electron chi connectivity index (χ2n) is 3.63. The zero-order chi connectivity index (χ0) is 12.1. The van der Waals surface area contributed by atoms with Gasteiger partial charge in [0.25, 0.3) is 5.91 Å². The molecule has 0 saturated carbocycles. The Kier molecular flexibility index (Phi) is 4.76. The van der Waals surface area contributed by atoms with E-state index in [1.54, 1.807) is 18.1 Å². The maximum Gasteiger partial charge on any atom is 0.268 e. The van der Waals surface area contributed by atoms with Gasteiger partial charge in [-0.15, -0.1) is 11.3 Å². The third kappa shape index (κ3) is 2.74. The minimum absolute atomic E-state index is 0.0301. The van der Waals surface area contributed by atoms with E-state index < -0.39 is 0 Å². The molecule has 1 amide bonds. The number of thiophene rings is 1.